The standard InChI is InChI=1S/C12H10N2O3S2/c15-8-9-3-5-10(6-4-9)18-19-12-11(14(16)17)2-1-7-13-12/h1-7,15H,8H2. The molecule has 1 N–H and O–H groups in total. The summed E-state index contributed by atoms with van der Waals surface area (Å²) >= 11 is 0. The van der Waals surface area contributed by atoms with Crippen molar-refractivity contribution in [2.45, 2.75) is 16.5 Å². The molecule has 0 saturated carbocycles. The molecular formula is C12H10N2O3S2. The average Bonchev–Trinajstić information content (AvgIpc) is 2.46. The van der Waals surface area contributed by atoms with Gasteiger partial charge in [-0.25, -0.2) is 4.98 Å². The van der Waals surface area contributed by atoms with E-state index in [1.54, 1.807) is 6.07 Å². The van der Waals surface area contributed by atoms with Gasteiger partial charge >= 0.3 is 5.69 Å². The molecule has 0 radical (unpaired) electrons. The van der Waals surface area contributed by atoms with Crippen LogP contribution in [-0.4, -0.2) is 15.0 Å². The Balaban J connectivity index is 2.07. The first-order chi connectivity index (χ1) is 9.20. The van der Waals surface area contributed by atoms with Gasteiger partial charge in [0, 0.05) is 17.2 Å². The summed E-state index contributed by atoms with van der Waals surface area (Å²) in [6, 6.07) is 10.3. The van der Waals surface area contributed by atoms with Gasteiger partial charge < -0.3 is 5.11 Å². The van der Waals surface area contributed by atoms with Gasteiger partial charge in [0.2, 0.25) is 0 Å². The molecule has 0 bridgehead atoms. The minimum absolute atomic E-state index is 0.00377. The molecule has 19 heavy (non-hydrogen) atoms. The van der Waals surface area contributed by atoms with E-state index in [1.165, 1.54) is 33.9 Å². The van der Waals surface area contributed by atoms with E-state index in [4.69, 9.17) is 5.11 Å². The molecule has 0 aliphatic rings. The zero-order chi connectivity index (χ0) is 13.7. The summed E-state index contributed by atoms with van der Waals surface area (Å²) in [5, 5.41) is 20.1. The molecule has 0 amide bonds. The third kappa shape index (κ3) is 3.69. The molecule has 0 aliphatic heterocycles. The van der Waals surface area contributed by atoms with Crippen molar-refractivity contribution in [2.24, 2.45) is 0 Å². The van der Waals surface area contributed by atoms with Gasteiger partial charge in [-0.15, -0.1) is 0 Å². The van der Waals surface area contributed by atoms with E-state index in [9.17, 15) is 10.1 Å². The minimum atomic E-state index is -0.440. The first-order valence-corrected chi connectivity index (χ1v) is 7.49. The van der Waals surface area contributed by atoms with Crippen LogP contribution in [0.5, 0.6) is 0 Å². The van der Waals surface area contributed by atoms with E-state index in [1.807, 2.05) is 24.3 Å². The van der Waals surface area contributed by atoms with Crippen molar-refractivity contribution < 1.29 is 10.0 Å². The SMILES string of the molecule is O=[N+]([O-])c1cccnc1SSc1ccc(CO)cc1. The lowest BCUT2D eigenvalue weighted by Gasteiger charge is -2.02. The van der Waals surface area contributed by atoms with Gasteiger partial charge in [-0.05, 0) is 34.6 Å². The van der Waals surface area contributed by atoms with Crippen molar-refractivity contribution in [1.82, 2.24) is 4.98 Å². The van der Waals surface area contributed by atoms with E-state index in [2.05, 4.69) is 4.98 Å². The highest BCUT2D eigenvalue weighted by Gasteiger charge is 2.14. The smallest absolute Gasteiger partial charge is 0.302 e. The number of hydrogen-bond donors (Lipinski definition) is 1. The van der Waals surface area contributed by atoms with Crippen molar-refractivity contribution in [3.63, 3.8) is 0 Å². The second kappa shape index (κ2) is 6.55. The predicted molar refractivity (Wildman–Crippen MR) is 75.0 cm³/mol. The van der Waals surface area contributed by atoms with Crippen LogP contribution in [0.1, 0.15) is 5.56 Å². The zero-order valence-corrected chi connectivity index (χ0v) is 11.4. The topological polar surface area (TPSA) is 76.3 Å². The summed E-state index contributed by atoms with van der Waals surface area (Å²) in [5.41, 5.74) is 0.838. The number of hydrogen-bond acceptors (Lipinski definition) is 6. The van der Waals surface area contributed by atoms with Gasteiger partial charge in [0.15, 0.2) is 5.03 Å². The van der Waals surface area contributed by atoms with E-state index >= 15 is 0 Å². The molecule has 98 valence electrons. The quantitative estimate of drug-likeness (QED) is 0.518. The molecule has 5 nitrogen and oxygen atoms in total. The van der Waals surface area contributed by atoms with Crippen LogP contribution in [0.3, 0.4) is 0 Å². The molecule has 7 heteroatoms. The Bertz CT molecular complexity index is 575. The molecule has 0 atom stereocenters. The normalized spacial score (nSPS) is 10.4. The number of aliphatic hydroxyl groups is 1. The number of rotatable bonds is 5. The summed E-state index contributed by atoms with van der Waals surface area (Å²) in [5.74, 6) is 0. The van der Waals surface area contributed by atoms with Gasteiger partial charge in [0.05, 0.1) is 11.5 Å². The van der Waals surface area contributed by atoms with Crippen molar-refractivity contribution in [2.75, 3.05) is 0 Å². The minimum Gasteiger partial charge on any atom is -0.392 e. The highest BCUT2D eigenvalue weighted by atomic mass is 33.1. The Kier molecular flexibility index (Phi) is 4.78. The summed E-state index contributed by atoms with van der Waals surface area (Å²) in [6.45, 7) is 0.00377. The Hall–Kier alpha value is -1.57. The fraction of sp³-hybridized carbons (Fsp3) is 0.0833. The monoisotopic (exact) mass is 294 g/mol. The molecule has 0 saturated heterocycles. The maximum absolute atomic E-state index is 10.8. The fourth-order valence-electron chi connectivity index (χ4n) is 1.32. The molecule has 2 rings (SSSR count). The van der Waals surface area contributed by atoms with Gasteiger partial charge in [-0.1, -0.05) is 22.9 Å². The second-order valence-electron chi connectivity index (χ2n) is 3.55. The van der Waals surface area contributed by atoms with E-state index in [-0.39, 0.29) is 12.3 Å². The third-order valence-electron chi connectivity index (χ3n) is 2.27. The molecular weight excluding hydrogens is 284 g/mol. The molecule has 1 heterocycles. The predicted octanol–water partition coefficient (Wildman–Crippen LogP) is 3.28. The number of nitrogens with zero attached hydrogens (tertiary/aromatic N) is 2. The largest absolute Gasteiger partial charge is 0.392 e. The van der Waals surface area contributed by atoms with Crippen molar-refractivity contribution in [3.05, 3.63) is 58.3 Å². The summed E-state index contributed by atoms with van der Waals surface area (Å²) < 4.78 is 0. The van der Waals surface area contributed by atoms with Crippen LogP contribution in [-0.2, 0) is 6.61 Å². The maximum atomic E-state index is 10.8. The van der Waals surface area contributed by atoms with Crippen LogP contribution in [0.2, 0.25) is 0 Å². The number of benzene rings is 1. The van der Waals surface area contributed by atoms with E-state index in [0.29, 0.717) is 5.03 Å². The molecule has 1 aromatic carbocycles. The van der Waals surface area contributed by atoms with E-state index in [0.717, 1.165) is 10.5 Å². The van der Waals surface area contributed by atoms with Crippen LogP contribution in [0.15, 0.2) is 52.5 Å². The first kappa shape index (κ1) is 13.9. The third-order valence-corrected chi connectivity index (χ3v) is 4.59. The lowest BCUT2D eigenvalue weighted by Crippen LogP contribution is -1.91. The lowest BCUT2D eigenvalue weighted by atomic mass is 10.2. The zero-order valence-electron chi connectivity index (χ0n) is 9.72. The van der Waals surface area contributed by atoms with Crippen LogP contribution >= 0.6 is 21.6 Å². The molecule has 0 fully saturated rings. The Morgan fingerprint density at radius 2 is 1.95 bits per heavy atom. The first-order valence-electron chi connectivity index (χ1n) is 5.34. The average molecular weight is 294 g/mol. The maximum Gasteiger partial charge on any atom is 0.302 e. The highest BCUT2D eigenvalue weighted by Crippen LogP contribution is 2.40. The molecule has 0 aliphatic carbocycles. The summed E-state index contributed by atoms with van der Waals surface area (Å²) in [6.07, 6.45) is 1.53. The number of pyridine rings is 1. The van der Waals surface area contributed by atoms with Crippen LogP contribution < -0.4 is 0 Å². The summed E-state index contributed by atoms with van der Waals surface area (Å²) in [7, 11) is 2.64. The Labute approximate surface area is 117 Å². The van der Waals surface area contributed by atoms with E-state index < -0.39 is 4.92 Å². The van der Waals surface area contributed by atoms with Crippen LogP contribution in [0.4, 0.5) is 5.69 Å². The van der Waals surface area contributed by atoms with Crippen LogP contribution in [0.25, 0.3) is 0 Å². The van der Waals surface area contributed by atoms with Crippen LogP contribution in [0, 0.1) is 10.1 Å². The molecule has 2 aromatic rings. The summed E-state index contributed by atoms with van der Waals surface area (Å²) in [4.78, 5) is 15.3. The van der Waals surface area contributed by atoms with Crippen molar-refractivity contribution >= 4 is 27.3 Å². The van der Waals surface area contributed by atoms with Gasteiger partial charge in [-0.3, -0.25) is 10.1 Å². The Morgan fingerprint density at radius 1 is 1.21 bits per heavy atom. The molecule has 0 spiro atoms. The van der Waals surface area contributed by atoms with Gasteiger partial charge in [0.1, 0.15) is 0 Å². The van der Waals surface area contributed by atoms with Gasteiger partial charge in [0.25, 0.3) is 0 Å². The van der Waals surface area contributed by atoms with Crippen molar-refractivity contribution in [1.29, 1.82) is 0 Å². The number of aliphatic hydroxyl groups excluding tert-OH is 1. The lowest BCUT2D eigenvalue weighted by molar-refractivity contribution is -0.388. The molecule has 1 aromatic heterocycles. The highest BCUT2D eigenvalue weighted by molar-refractivity contribution is 8.76. The Morgan fingerprint density at radius 3 is 2.58 bits per heavy atom. The molecule has 0 unspecified atom stereocenters. The second-order valence-corrected chi connectivity index (χ2v) is 5.74. The number of aromatic nitrogens is 1. The van der Waals surface area contributed by atoms with Crippen molar-refractivity contribution in [3.8, 4) is 0 Å². The number of nitro groups is 1. The fourth-order valence-corrected chi connectivity index (χ4v) is 3.32. The van der Waals surface area contributed by atoms with Gasteiger partial charge in [-0.2, -0.15) is 0 Å².